The zero-order chi connectivity index (χ0) is 15.0. The van der Waals surface area contributed by atoms with Crippen molar-refractivity contribution in [1.82, 2.24) is 5.32 Å². The van der Waals surface area contributed by atoms with Crippen LogP contribution in [0.5, 0.6) is 0 Å². The molecule has 114 valence electrons. The van der Waals surface area contributed by atoms with E-state index in [1.54, 1.807) is 0 Å². The quantitative estimate of drug-likeness (QED) is 0.443. The molecule has 0 saturated heterocycles. The highest BCUT2D eigenvalue weighted by Gasteiger charge is 2.21. The van der Waals surface area contributed by atoms with Crippen molar-refractivity contribution in [2.24, 2.45) is 0 Å². The molecule has 0 aromatic heterocycles. The highest BCUT2D eigenvalue weighted by Crippen LogP contribution is 2.29. The third-order valence-electron chi connectivity index (χ3n) is 3.47. The van der Waals surface area contributed by atoms with E-state index in [2.05, 4.69) is 28.2 Å². The van der Waals surface area contributed by atoms with E-state index in [9.17, 15) is 8.78 Å². The van der Waals surface area contributed by atoms with Gasteiger partial charge in [0.05, 0.1) is 4.47 Å². The Morgan fingerprint density at radius 3 is 2.45 bits per heavy atom. The SMILES string of the molecule is CCCCCCCC(NCC)c1c(F)ccc(Br)c1F. The van der Waals surface area contributed by atoms with E-state index in [1.807, 2.05) is 6.92 Å². The van der Waals surface area contributed by atoms with Gasteiger partial charge in [-0.3, -0.25) is 0 Å². The first-order chi connectivity index (χ1) is 9.61. The number of hydrogen-bond donors (Lipinski definition) is 1. The Labute approximate surface area is 129 Å². The van der Waals surface area contributed by atoms with Crippen LogP contribution in [-0.4, -0.2) is 6.54 Å². The Morgan fingerprint density at radius 2 is 1.80 bits per heavy atom. The molecule has 1 aromatic carbocycles. The maximum atomic E-state index is 14.1. The van der Waals surface area contributed by atoms with Gasteiger partial charge in [0.2, 0.25) is 0 Å². The van der Waals surface area contributed by atoms with E-state index < -0.39 is 11.6 Å². The number of halogens is 3. The zero-order valence-corrected chi connectivity index (χ0v) is 13.9. The highest BCUT2D eigenvalue weighted by molar-refractivity contribution is 9.10. The Balaban J connectivity index is 2.73. The summed E-state index contributed by atoms with van der Waals surface area (Å²) in [5.74, 6) is -0.949. The molecule has 0 aliphatic carbocycles. The number of hydrogen-bond acceptors (Lipinski definition) is 1. The molecule has 0 aliphatic heterocycles. The molecule has 1 unspecified atom stereocenters. The van der Waals surface area contributed by atoms with Gasteiger partial charge in [-0.15, -0.1) is 0 Å². The van der Waals surface area contributed by atoms with Crippen LogP contribution in [0.4, 0.5) is 8.78 Å². The van der Waals surface area contributed by atoms with E-state index in [0.717, 1.165) is 19.3 Å². The molecule has 1 nitrogen and oxygen atoms in total. The molecule has 4 heteroatoms. The molecule has 0 amide bonds. The maximum Gasteiger partial charge on any atom is 0.145 e. The van der Waals surface area contributed by atoms with Gasteiger partial charge in [0.15, 0.2) is 0 Å². The van der Waals surface area contributed by atoms with Crippen LogP contribution in [0.2, 0.25) is 0 Å². The van der Waals surface area contributed by atoms with Crippen molar-refractivity contribution in [3.05, 3.63) is 33.8 Å². The van der Waals surface area contributed by atoms with Crippen molar-refractivity contribution in [1.29, 1.82) is 0 Å². The van der Waals surface area contributed by atoms with Crippen LogP contribution in [-0.2, 0) is 0 Å². The largest absolute Gasteiger partial charge is 0.310 e. The van der Waals surface area contributed by atoms with Gasteiger partial charge >= 0.3 is 0 Å². The Hall–Kier alpha value is -0.480. The lowest BCUT2D eigenvalue weighted by Crippen LogP contribution is -2.23. The average molecular weight is 348 g/mol. The van der Waals surface area contributed by atoms with Crippen LogP contribution >= 0.6 is 15.9 Å². The van der Waals surface area contributed by atoms with Gasteiger partial charge in [0, 0.05) is 11.6 Å². The Kier molecular flexibility index (Phi) is 8.31. The van der Waals surface area contributed by atoms with Crippen LogP contribution in [0, 0.1) is 11.6 Å². The summed E-state index contributed by atoms with van der Waals surface area (Å²) in [6.45, 7) is 4.83. The lowest BCUT2D eigenvalue weighted by atomic mass is 9.98. The van der Waals surface area contributed by atoms with Crippen LogP contribution < -0.4 is 5.32 Å². The number of benzene rings is 1. The van der Waals surface area contributed by atoms with Gasteiger partial charge in [-0.1, -0.05) is 46.0 Å². The summed E-state index contributed by atoms with van der Waals surface area (Å²) in [6.07, 6.45) is 6.49. The van der Waals surface area contributed by atoms with Gasteiger partial charge in [-0.2, -0.15) is 0 Å². The van der Waals surface area contributed by atoms with Gasteiger partial charge in [0.1, 0.15) is 11.6 Å². The number of unbranched alkanes of at least 4 members (excludes halogenated alkanes) is 4. The first-order valence-corrected chi connectivity index (χ1v) is 8.27. The molecule has 0 radical (unpaired) electrons. The molecule has 0 bridgehead atoms. The number of nitrogens with one attached hydrogen (secondary N) is 1. The molecule has 1 atom stereocenters. The summed E-state index contributed by atoms with van der Waals surface area (Å²) in [5, 5.41) is 3.20. The minimum atomic E-state index is -0.482. The van der Waals surface area contributed by atoms with Crippen molar-refractivity contribution in [2.75, 3.05) is 6.54 Å². The topological polar surface area (TPSA) is 12.0 Å². The molecular formula is C16H24BrF2N. The van der Waals surface area contributed by atoms with Crippen molar-refractivity contribution < 1.29 is 8.78 Å². The maximum absolute atomic E-state index is 14.1. The van der Waals surface area contributed by atoms with Crippen molar-refractivity contribution in [3.63, 3.8) is 0 Å². The third kappa shape index (κ3) is 5.13. The zero-order valence-electron chi connectivity index (χ0n) is 12.3. The first kappa shape index (κ1) is 17.6. The smallest absolute Gasteiger partial charge is 0.145 e. The molecule has 1 aromatic rings. The third-order valence-corrected chi connectivity index (χ3v) is 4.09. The fraction of sp³-hybridized carbons (Fsp3) is 0.625. The second-order valence-corrected chi connectivity index (χ2v) is 5.92. The van der Waals surface area contributed by atoms with E-state index in [-0.39, 0.29) is 11.6 Å². The summed E-state index contributed by atoms with van der Waals surface area (Å²) in [7, 11) is 0. The molecule has 1 rings (SSSR count). The average Bonchev–Trinajstić information content (AvgIpc) is 2.43. The Bertz CT molecular complexity index is 410. The monoisotopic (exact) mass is 347 g/mol. The van der Waals surface area contributed by atoms with Crippen molar-refractivity contribution in [3.8, 4) is 0 Å². The summed E-state index contributed by atoms with van der Waals surface area (Å²) in [4.78, 5) is 0. The number of rotatable bonds is 9. The molecular weight excluding hydrogens is 324 g/mol. The molecule has 0 heterocycles. The normalized spacial score (nSPS) is 12.7. The minimum Gasteiger partial charge on any atom is -0.310 e. The second-order valence-electron chi connectivity index (χ2n) is 5.07. The lowest BCUT2D eigenvalue weighted by molar-refractivity contribution is 0.434. The van der Waals surface area contributed by atoms with E-state index in [4.69, 9.17) is 0 Å². The van der Waals surface area contributed by atoms with Gasteiger partial charge in [0.25, 0.3) is 0 Å². The van der Waals surface area contributed by atoms with E-state index >= 15 is 0 Å². The molecule has 0 saturated carbocycles. The predicted molar refractivity (Wildman–Crippen MR) is 83.9 cm³/mol. The van der Waals surface area contributed by atoms with E-state index in [1.165, 1.54) is 31.4 Å². The summed E-state index contributed by atoms with van der Waals surface area (Å²) < 4.78 is 28.4. The van der Waals surface area contributed by atoms with Crippen LogP contribution in [0.3, 0.4) is 0 Å². The van der Waals surface area contributed by atoms with Crippen LogP contribution in [0.25, 0.3) is 0 Å². The van der Waals surface area contributed by atoms with E-state index in [0.29, 0.717) is 11.0 Å². The predicted octanol–water partition coefficient (Wildman–Crippen LogP) is 5.74. The standard InChI is InChI=1S/C16H24BrF2N/c1-3-5-6-7-8-9-14(20-4-2)15-13(18)11-10-12(17)16(15)19/h10-11,14,20H,3-9H2,1-2H3. The molecule has 0 fully saturated rings. The summed E-state index contributed by atoms with van der Waals surface area (Å²) in [6, 6.07) is 2.49. The fourth-order valence-electron chi connectivity index (χ4n) is 2.41. The highest BCUT2D eigenvalue weighted by atomic mass is 79.9. The summed E-state index contributed by atoms with van der Waals surface area (Å²) >= 11 is 3.13. The van der Waals surface area contributed by atoms with Crippen LogP contribution in [0.1, 0.15) is 64.0 Å². The van der Waals surface area contributed by atoms with Crippen molar-refractivity contribution >= 4 is 15.9 Å². The minimum absolute atomic E-state index is 0.164. The Morgan fingerprint density at radius 1 is 1.10 bits per heavy atom. The van der Waals surface area contributed by atoms with Gasteiger partial charge < -0.3 is 5.32 Å². The first-order valence-electron chi connectivity index (χ1n) is 7.48. The van der Waals surface area contributed by atoms with Gasteiger partial charge in [-0.05, 0) is 41.0 Å². The summed E-state index contributed by atoms with van der Waals surface area (Å²) in [5.41, 5.74) is 0.164. The molecule has 0 aliphatic rings. The second kappa shape index (κ2) is 9.46. The fourth-order valence-corrected chi connectivity index (χ4v) is 2.75. The molecule has 1 N–H and O–H groups in total. The lowest BCUT2D eigenvalue weighted by Gasteiger charge is -2.20. The van der Waals surface area contributed by atoms with Gasteiger partial charge in [-0.25, -0.2) is 8.78 Å². The molecule has 20 heavy (non-hydrogen) atoms. The van der Waals surface area contributed by atoms with Crippen molar-refractivity contribution in [2.45, 2.75) is 58.4 Å². The van der Waals surface area contributed by atoms with Crippen LogP contribution in [0.15, 0.2) is 16.6 Å². The molecule has 0 spiro atoms.